The van der Waals surface area contributed by atoms with Crippen molar-refractivity contribution in [3.63, 3.8) is 0 Å². The van der Waals surface area contributed by atoms with E-state index in [9.17, 15) is 0 Å². The summed E-state index contributed by atoms with van der Waals surface area (Å²) < 4.78 is 0. The Morgan fingerprint density at radius 3 is 2.49 bits per heavy atom. The zero-order chi connectivity index (χ0) is 36.5. The summed E-state index contributed by atoms with van der Waals surface area (Å²) >= 11 is 2.26. The second kappa shape index (κ2) is 14.7. The molecule has 9 unspecified atom stereocenters. The molecule has 0 radical (unpaired) electrons. The molecule has 1 aromatic carbocycles. The molecule has 1 aliphatic heterocycles. The molecule has 0 N–H and O–H groups in total. The Hall–Kier alpha value is -3.03. The number of thioether (sulfide) groups is 1. The predicted octanol–water partition coefficient (Wildman–Crippen LogP) is 14.8. The Balaban J connectivity index is 0.891. The molecule has 0 saturated carbocycles. The molecule has 9 aliphatic carbocycles. The molecule has 10 aliphatic rings. The molecule has 0 amide bonds. The molecule has 10 atom stereocenters. The first kappa shape index (κ1) is 35.2. The molecule has 11 rings (SSSR count). The van der Waals surface area contributed by atoms with Crippen molar-refractivity contribution < 1.29 is 0 Å². The third-order valence-corrected chi connectivity index (χ3v) is 18.0. The molecule has 0 bridgehead atoms. The van der Waals surface area contributed by atoms with Crippen LogP contribution in [0.1, 0.15) is 128 Å². The summed E-state index contributed by atoms with van der Waals surface area (Å²) in [7, 11) is 0. The smallest absolute Gasteiger partial charge is 0.0342 e. The maximum Gasteiger partial charge on any atom is 0.0342 e. The minimum atomic E-state index is 0.588. The van der Waals surface area contributed by atoms with Crippen LogP contribution in [0.25, 0.3) is 0 Å². The minimum Gasteiger partial charge on any atom is -0.122 e. The Morgan fingerprint density at radius 2 is 1.65 bits per heavy atom. The van der Waals surface area contributed by atoms with Crippen LogP contribution in [0.2, 0.25) is 0 Å². The SMILES string of the molecule is CC1C2=C(CC(C3C=C(C4=CCC(C(C(c5ccccc5)C5C=CCCC5)[C@H]5C=CC=CC5)CC4)CC(C4=CC5SC6=C(CCC6)C5C4)C3)=C2)C2=C1CCC2. The highest BCUT2D eigenvalue weighted by Crippen LogP contribution is 2.59. The van der Waals surface area contributed by atoms with Crippen molar-refractivity contribution in [1.82, 2.24) is 0 Å². The van der Waals surface area contributed by atoms with Crippen molar-refractivity contribution in [2.24, 2.45) is 47.3 Å². The molecule has 0 fully saturated rings. The van der Waals surface area contributed by atoms with E-state index in [1.165, 1.54) is 109 Å². The van der Waals surface area contributed by atoms with Gasteiger partial charge in [-0.1, -0.05) is 120 Å². The molecular formula is C54H62S. The summed E-state index contributed by atoms with van der Waals surface area (Å²) in [6, 6.07) is 11.7. The summed E-state index contributed by atoms with van der Waals surface area (Å²) in [6.07, 6.45) is 48.4. The fourth-order valence-corrected chi connectivity index (χ4v) is 15.6. The van der Waals surface area contributed by atoms with Gasteiger partial charge in [-0.3, -0.25) is 0 Å². The van der Waals surface area contributed by atoms with Gasteiger partial charge in [0, 0.05) is 17.1 Å². The van der Waals surface area contributed by atoms with Gasteiger partial charge in [-0.15, -0.1) is 11.8 Å². The summed E-state index contributed by atoms with van der Waals surface area (Å²) in [4.78, 5) is 1.78. The summed E-state index contributed by atoms with van der Waals surface area (Å²) in [5, 5.41) is 0.740. The van der Waals surface area contributed by atoms with Crippen LogP contribution in [-0.4, -0.2) is 5.25 Å². The largest absolute Gasteiger partial charge is 0.122 e. The summed E-state index contributed by atoms with van der Waals surface area (Å²) in [5.41, 5.74) is 17.5. The Labute approximate surface area is 336 Å². The molecule has 0 spiro atoms. The van der Waals surface area contributed by atoms with Gasteiger partial charge in [0.1, 0.15) is 0 Å². The van der Waals surface area contributed by atoms with E-state index in [4.69, 9.17) is 0 Å². The van der Waals surface area contributed by atoms with E-state index >= 15 is 0 Å². The molecule has 55 heavy (non-hydrogen) atoms. The second-order valence-corrected chi connectivity index (χ2v) is 20.6. The number of hydrogen-bond donors (Lipinski definition) is 0. The van der Waals surface area contributed by atoms with Crippen LogP contribution in [0.4, 0.5) is 0 Å². The second-order valence-electron chi connectivity index (χ2n) is 19.3. The average molecular weight is 743 g/mol. The van der Waals surface area contributed by atoms with Crippen molar-refractivity contribution >= 4 is 11.8 Å². The summed E-state index contributed by atoms with van der Waals surface area (Å²) in [5.74, 6) is 6.05. The standard InChI is InChI=1S/C54H62S/c1-34-45-19-11-20-46(45)49-31-43(30-48(34)49)41-27-40(28-42(29-41)44-32-50-47-21-12-22-51(47)55-52(50)33-44)35-23-25-39(26-24-35)54(38-17-9-4-10-18-38)53(36-13-5-2-6-14-36)37-15-7-3-8-16-37/h2,4-7,9-10,13-15,17,23,27,30,33-34,37-39,41-42,50,52-54H,3,8,11-12,16,18-22,24-26,28-29,31-32H2,1H3/t34?,37?,38-,39?,41?,42?,50?,52?,53?,54?/m0/s1. The lowest BCUT2D eigenvalue weighted by Crippen LogP contribution is -2.34. The highest BCUT2D eigenvalue weighted by molar-refractivity contribution is 8.04. The number of rotatable bonds is 8. The van der Waals surface area contributed by atoms with Crippen LogP contribution in [0.3, 0.4) is 0 Å². The molecule has 0 nitrogen and oxygen atoms in total. The van der Waals surface area contributed by atoms with Crippen LogP contribution in [0.15, 0.2) is 146 Å². The van der Waals surface area contributed by atoms with Crippen LogP contribution in [0.5, 0.6) is 0 Å². The molecule has 1 heterocycles. The normalized spacial score (nSPS) is 36.1. The van der Waals surface area contributed by atoms with Crippen LogP contribution < -0.4 is 0 Å². The lowest BCUT2D eigenvalue weighted by atomic mass is 9.61. The molecule has 0 saturated heterocycles. The molecule has 284 valence electrons. The fraction of sp³-hybridized carbons (Fsp3) is 0.519. The predicted molar refractivity (Wildman–Crippen MR) is 233 cm³/mol. The Bertz CT molecular complexity index is 2030. The van der Waals surface area contributed by atoms with Gasteiger partial charge in [-0.2, -0.15) is 0 Å². The zero-order valence-corrected chi connectivity index (χ0v) is 34.2. The van der Waals surface area contributed by atoms with E-state index in [-0.39, 0.29) is 0 Å². The van der Waals surface area contributed by atoms with Crippen LogP contribution in [0, 0.1) is 47.3 Å². The minimum absolute atomic E-state index is 0.588. The van der Waals surface area contributed by atoms with Gasteiger partial charge in [0.15, 0.2) is 0 Å². The average Bonchev–Trinajstić information content (AvgIpc) is 4.10. The quantitative estimate of drug-likeness (QED) is 0.239. The topological polar surface area (TPSA) is 0 Å². The van der Waals surface area contributed by atoms with Gasteiger partial charge in [-0.25, -0.2) is 0 Å². The van der Waals surface area contributed by atoms with Crippen molar-refractivity contribution in [1.29, 1.82) is 0 Å². The highest BCUT2D eigenvalue weighted by atomic mass is 32.2. The van der Waals surface area contributed by atoms with Crippen LogP contribution in [-0.2, 0) is 0 Å². The van der Waals surface area contributed by atoms with Crippen molar-refractivity contribution in [3.05, 3.63) is 152 Å². The summed E-state index contributed by atoms with van der Waals surface area (Å²) in [6.45, 7) is 2.52. The lowest BCUT2D eigenvalue weighted by Gasteiger charge is -2.44. The molecule has 0 aromatic heterocycles. The van der Waals surface area contributed by atoms with Gasteiger partial charge < -0.3 is 0 Å². The Kier molecular flexibility index (Phi) is 9.41. The Morgan fingerprint density at radius 1 is 0.745 bits per heavy atom. The van der Waals surface area contributed by atoms with Crippen molar-refractivity contribution in [3.8, 4) is 0 Å². The van der Waals surface area contributed by atoms with Crippen molar-refractivity contribution in [2.45, 2.75) is 127 Å². The molecular weight excluding hydrogens is 681 g/mol. The fourth-order valence-electron chi connectivity index (χ4n) is 13.9. The van der Waals surface area contributed by atoms with Gasteiger partial charge in [0.05, 0.1) is 0 Å². The van der Waals surface area contributed by atoms with Gasteiger partial charge >= 0.3 is 0 Å². The third kappa shape index (κ3) is 6.33. The van der Waals surface area contributed by atoms with Gasteiger partial charge in [0.2, 0.25) is 0 Å². The van der Waals surface area contributed by atoms with Crippen LogP contribution >= 0.6 is 11.8 Å². The van der Waals surface area contributed by atoms with E-state index in [1.54, 1.807) is 49.5 Å². The van der Waals surface area contributed by atoms with E-state index in [0.717, 1.165) is 17.1 Å². The van der Waals surface area contributed by atoms with Crippen molar-refractivity contribution in [2.75, 3.05) is 0 Å². The molecule has 1 aromatic rings. The number of hydrogen-bond acceptors (Lipinski definition) is 1. The molecule has 1 heteroatoms. The van der Waals surface area contributed by atoms with E-state index < -0.39 is 0 Å². The monoisotopic (exact) mass is 742 g/mol. The van der Waals surface area contributed by atoms with Gasteiger partial charge in [0.25, 0.3) is 0 Å². The first-order valence-electron chi connectivity index (χ1n) is 22.9. The van der Waals surface area contributed by atoms with E-state index in [1.807, 2.05) is 11.1 Å². The third-order valence-electron chi connectivity index (χ3n) is 16.5. The maximum atomic E-state index is 2.83. The van der Waals surface area contributed by atoms with Gasteiger partial charge in [-0.05, 0) is 189 Å². The van der Waals surface area contributed by atoms with E-state index in [2.05, 4.69) is 110 Å². The number of allylic oxidation sites excluding steroid dienone is 19. The first-order valence-corrected chi connectivity index (χ1v) is 23.7. The zero-order valence-electron chi connectivity index (χ0n) is 33.4. The highest BCUT2D eigenvalue weighted by Gasteiger charge is 2.44. The lowest BCUT2D eigenvalue weighted by molar-refractivity contribution is 0.168. The maximum absolute atomic E-state index is 2.83. The van der Waals surface area contributed by atoms with E-state index in [0.29, 0.717) is 41.4 Å². The first-order chi connectivity index (χ1) is 27.2. The number of fused-ring (bicyclic) bond motifs is 3. The number of benzene rings is 1.